The Kier molecular flexibility index (Phi) is 5.52. The molecule has 0 saturated carbocycles. The van der Waals surface area contributed by atoms with Crippen molar-refractivity contribution >= 4 is 21.4 Å². The Labute approximate surface area is 124 Å². The standard InChI is InChI=1S/C16H23FN2S/c1-4-5-9-19(3)11-12-15(10-18-2)20-14-8-6-7-13(17)16(12)14/h6-8,18H,4-5,9-11H2,1-3H3. The van der Waals surface area contributed by atoms with E-state index in [0.29, 0.717) is 0 Å². The number of nitrogens with one attached hydrogen (secondary N) is 1. The highest BCUT2D eigenvalue weighted by atomic mass is 32.1. The van der Waals surface area contributed by atoms with Gasteiger partial charge in [-0.05, 0) is 44.8 Å². The van der Waals surface area contributed by atoms with E-state index in [-0.39, 0.29) is 5.82 Å². The molecule has 1 aromatic heterocycles. The first kappa shape index (κ1) is 15.4. The lowest BCUT2D eigenvalue weighted by atomic mass is 10.1. The number of hydrogen-bond acceptors (Lipinski definition) is 3. The van der Waals surface area contributed by atoms with E-state index in [1.807, 2.05) is 13.1 Å². The number of hydrogen-bond donors (Lipinski definition) is 1. The van der Waals surface area contributed by atoms with Crippen LogP contribution in [0.5, 0.6) is 0 Å². The van der Waals surface area contributed by atoms with Crippen LogP contribution in [-0.2, 0) is 13.1 Å². The summed E-state index contributed by atoms with van der Waals surface area (Å²) in [6.07, 6.45) is 2.37. The van der Waals surface area contributed by atoms with Crippen molar-refractivity contribution in [2.75, 3.05) is 20.6 Å². The van der Waals surface area contributed by atoms with Crippen molar-refractivity contribution in [3.05, 3.63) is 34.5 Å². The second-order valence-electron chi connectivity index (χ2n) is 5.24. The van der Waals surface area contributed by atoms with Crippen molar-refractivity contribution in [1.82, 2.24) is 10.2 Å². The molecule has 0 aliphatic rings. The molecule has 110 valence electrons. The fraction of sp³-hybridized carbons (Fsp3) is 0.500. The summed E-state index contributed by atoms with van der Waals surface area (Å²) in [7, 11) is 4.05. The smallest absolute Gasteiger partial charge is 0.132 e. The van der Waals surface area contributed by atoms with Crippen LogP contribution in [0.25, 0.3) is 10.1 Å². The summed E-state index contributed by atoms with van der Waals surface area (Å²) in [5, 5.41) is 4.00. The number of fused-ring (bicyclic) bond motifs is 1. The van der Waals surface area contributed by atoms with Crippen LogP contribution in [0.15, 0.2) is 18.2 Å². The Bertz CT molecular complexity index is 565. The van der Waals surface area contributed by atoms with Gasteiger partial charge in [-0.1, -0.05) is 19.4 Å². The molecule has 2 aromatic rings. The maximum absolute atomic E-state index is 14.2. The zero-order valence-corrected chi connectivity index (χ0v) is 13.3. The van der Waals surface area contributed by atoms with Gasteiger partial charge in [-0.2, -0.15) is 0 Å². The molecule has 0 spiro atoms. The Balaban J connectivity index is 2.35. The van der Waals surface area contributed by atoms with Crippen LogP contribution < -0.4 is 5.32 Å². The van der Waals surface area contributed by atoms with E-state index < -0.39 is 0 Å². The van der Waals surface area contributed by atoms with Crippen LogP contribution in [0.2, 0.25) is 0 Å². The van der Waals surface area contributed by atoms with Gasteiger partial charge >= 0.3 is 0 Å². The molecule has 0 fully saturated rings. The topological polar surface area (TPSA) is 15.3 Å². The molecule has 1 aromatic carbocycles. The van der Waals surface area contributed by atoms with Gasteiger partial charge in [-0.25, -0.2) is 4.39 Å². The van der Waals surface area contributed by atoms with Crippen molar-refractivity contribution in [2.45, 2.75) is 32.9 Å². The van der Waals surface area contributed by atoms with Gasteiger partial charge in [0.1, 0.15) is 5.82 Å². The number of benzene rings is 1. The van der Waals surface area contributed by atoms with E-state index in [4.69, 9.17) is 0 Å². The Morgan fingerprint density at radius 3 is 2.85 bits per heavy atom. The van der Waals surface area contributed by atoms with Gasteiger partial charge < -0.3 is 10.2 Å². The average molecular weight is 294 g/mol. The third kappa shape index (κ3) is 3.37. The largest absolute Gasteiger partial charge is 0.315 e. The average Bonchev–Trinajstić information content (AvgIpc) is 2.76. The van der Waals surface area contributed by atoms with Gasteiger partial charge in [-0.15, -0.1) is 11.3 Å². The zero-order chi connectivity index (χ0) is 14.5. The summed E-state index contributed by atoms with van der Waals surface area (Å²) in [5.41, 5.74) is 1.15. The van der Waals surface area contributed by atoms with Crippen LogP contribution in [0.3, 0.4) is 0 Å². The first-order chi connectivity index (χ1) is 9.67. The summed E-state index contributed by atoms with van der Waals surface area (Å²) in [5.74, 6) is -0.0972. The van der Waals surface area contributed by atoms with E-state index in [2.05, 4.69) is 24.2 Å². The van der Waals surface area contributed by atoms with Crippen LogP contribution in [0.1, 0.15) is 30.2 Å². The van der Waals surface area contributed by atoms with Crippen molar-refractivity contribution < 1.29 is 4.39 Å². The van der Waals surface area contributed by atoms with E-state index >= 15 is 0 Å². The molecule has 2 rings (SSSR count). The molecule has 0 radical (unpaired) electrons. The van der Waals surface area contributed by atoms with Gasteiger partial charge in [0.2, 0.25) is 0 Å². The molecule has 2 nitrogen and oxygen atoms in total. The summed E-state index contributed by atoms with van der Waals surface area (Å²) in [6, 6.07) is 5.37. The van der Waals surface area contributed by atoms with Crippen LogP contribution in [0.4, 0.5) is 4.39 Å². The van der Waals surface area contributed by atoms with Gasteiger partial charge in [0.15, 0.2) is 0 Å². The quantitative estimate of drug-likeness (QED) is 0.830. The van der Waals surface area contributed by atoms with Gasteiger partial charge in [0, 0.05) is 28.1 Å². The molecule has 0 unspecified atom stereocenters. The lowest BCUT2D eigenvalue weighted by Gasteiger charge is -2.17. The van der Waals surface area contributed by atoms with Crippen molar-refractivity contribution in [3.63, 3.8) is 0 Å². The number of unbranched alkanes of at least 4 members (excludes halogenated alkanes) is 1. The highest BCUT2D eigenvalue weighted by Gasteiger charge is 2.16. The molecule has 1 heterocycles. The molecule has 20 heavy (non-hydrogen) atoms. The molecule has 0 saturated heterocycles. The lowest BCUT2D eigenvalue weighted by Crippen LogP contribution is -2.20. The summed E-state index contributed by atoms with van der Waals surface area (Å²) >= 11 is 1.70. The summed E-state index contributed by atoms with van der Waals surface area (Å²) in [6.45, 7) is 4.87. The Morgan fingerprint density at radius 1 is 1.35 bits per heavy atom. The van der Waals surface area contributed by atoms with Gasteiger partial charge in [-0.3, -0.25) is 0 Å². The lowest BCUT2D eigenvalue weighted by molar-refractivity contribution is 0.321. The predicted octanol–water partition coefficient (Wildman–Crippen LogP) is 3.99. The first-order valence-electron chi connectivity index (χ1n) is 7.19. The maximum Gasteiger partial charge on any atom is 0.132 e. The van der Waals surface area contributed by atoms with Crippen LogP contribution >= 0.6 is 11.3 Å². The summed E-state index contributed by atoms with van der Waals surface area (Å²) < 4.78 is 15.2. The number of rotatable bonds is 7. The molecule has 0 amide bonds. The number of halogens is 1. The molecule has 0 bridgehead atoms. The van der Waals surface area contributed by atoms with Crippen LogP contribution in [-0.4, -0.2) is 25.5 Å². The number of thiophene rings is 1. The molecule has 0 aliphatic heterocycles. The van der Waals surface area contributed by atoms with E-state index in [1.165, 1.54) is 17.7 Å². The predicted molar refractivity (Wildman–Crippen MR) is 85.8 cm³/mol. The van der Waals surface area contributed by atoms with Crippen molar-refractivity contribution in [3.8, 4) is 0 Å². The SMILES string of the molecule is CCCCN(C)Cc1c(CNC)sc2cccc(F)c12. The third-order valence-corrected chi connectivity index (χ3v) is 4.70. The minimum Gasteiger partial charge on any atom is -0.315 e. The molecule has 4 heteroatoms. The van der Waals surface area contributed by atoms with Crippen molar-refractivity contribution in [2.24, 2.45) is 0 Å². The molecule has 1 N–H and O–H groups in total. The van der Waals surface area contributed by atoms with Crippen LogP contribution in [0, 0.1) is 5.82 Å². The molecular weight excluding hydrogens is 271 g/mol. The monoisotopic (exact) mass is 294 g/mol. The Morgan fingerprint density at radius 2 is 2.15 bits per heavy atom. The molecule has 0 atom stereocenters. The Hall–Kier alpha value is -0.970. The van der Waals surface area contributed by atoms with E-state index in [1.54, 1.807) is 23.5 Å². The highest BCUT2D eigenvalue weighted by Crippen LogP contribution is 2.34. The van der Waals surface area contributed by atoms with Gasteiger partial charge in [0.05, 0.1) is 0 Å². The maximum atomic E-state index is 14.2. The fourth-order valence-corrected chi connectivity index (χ4v) is 3.70. The third-order valence-electron chi connectivity index (χ3n) is 3.51. The zero-order valence-electron chi connectivity index (χ0n) is 12.5. The fourth-order valence-electron chi connectivity index (χ4n) is 2.46. The van der Waals surface area contributed by atoms with Gasteiger partial charge in [0.25, 0.3) is 0 Å². The highest BCUT2D eigenvalue weighted by molar-refractivity contribution is 7.19. The van der Waals surface area contributed by atoms with Crippen molar-refractivity contribution in [1.29, 1.82) is 0 Å². The molecular formula is C16H23FN2S. The van der Waals surface area contributed by atoms with E-state index in [9.17, 15) is 4.39 Å². The normalized spacial score (nSPS) is 11.7. The first-order valence-corrected chi connectivity index (χ1v) is 8.01. The number of nitrogens with zero attached hydrogens (tertiary/aromatic N) is 1. The van der Waals surface area contributed by atoms with E-state index in [0.717, 1.165) is 35.3 Å². The minimum absolute atomic E-state index is 0.0972. The minimum atomic E-state index is -0.0972. The summed E-state index contributed by atoms with van der Waals surface area (Å²) in [4.78, 5) is 3.53. The second-order valence-corrected chi connectivity index (χ2v) is 6.38. The second kappa shape index (κ2) is 7.16. The molecule has 0 aliphatic carbocycles.